The van der Waals surface area contributed by atoms with Crippen molar-refractivity contribution in [1.82, 2.24) is 0 Å². The fourth-order valence-corrected chi connectivity index (χ4v) is 3.19. The molecule has 1 aliphatic rings. The fraction of sp³-hybridized carbons (Fsp3) is 0.350. The summed E-state index contributed by atoms with van der Waals surface area (Å²) < 4.78 is 10.9. The predicted molar refractivity (Wildman–Crippen MR) is 92.6 cm³/mol. The molecule has 1 aliphatic heterocycles. The molecule has 25 heavy (non-hydrogen) atoms. The topological polar surface area (TPSA) is 40.0 Å². The number of halogens is 1. The third-order valence-corrected chi connectivity index (χ3v) is 4.39. The van der Waals surface area contributed by atoms with Gasteiger partial charge in [0, 0.05) is 11.1 Å². The van der Waals surface area contributed by atoms with Gasteiger partial charge in [-0.15, -0.1) is 0 Å². The van der Waals surface area contributed by atoms with E-state index in [1.165, 1.54) is 4.90 Å². The summed E-state index contributed by atoms with van der Waals surface area (Å²) in [5.74, 6) is 0.949. The van der Waals surface area contributed by atoms with Crippen LogP contribution in [0.1, 0.15) is 28.9 Å². The maximum Gasteiger partial charge on any atom is 0.224 e. The van der Waals surface area contributed by atoms with Crippen LogP contribution in [-0.2, 0) is 4.74 Å². The monoisotopic (exact) mass is 361 g/mol. The molecule has 0 radical (unpaired) electrons. The van der Waals surface area contributed by atoms with Crippen LogP contribution < -0.4 is 22.0 Å². The zero-order chi connectivity index (χ0) is 16.8. The highest BCUT2D eigenvalue weighted by molar-refractivity contribution is 5.99. The van der Waals surface area contributed by atoms with Crippen LogP contribution in [-0.4, -0.2) is 38.7 Å². The van der Waals surface area contributed by atoms with E-state index < -0.39 is 0 Å². The Balaban J connectivity index is 0.00000225. The molecule has 1 N–H and O–H groups in total. The largest absolute Gasteiger partial charge is 1.00 e. The molecule has 2 aromatic carbocycles. The lowest BCUT2D eigenvalue weighted by atomic mass is 9.95. The molecular weight excluding hydrogens is 338 g/mol. The van der Waals surface area contributed by atoms with Crippen molar-refractivity contribution in [2.24, 2.45) is 0 Å². The normalized spacial score (nSPS) is 15.9. The van der Waals surface area contributed by atoms with Crippen LogP contribution in [0.5, 0.6) is 5.75 Å². The number of nitrogens with one attached hydrogen (secondary N) is 1. The zero-order valence-corrected chi connectivity index (χ0v) is 15.2. The number of carbonyl (C=O) groups is 1. The van der Waals surface area contributed by atoms with Crippen LogP contribution in [0, 0.1) is 0 Å². The molecule has 0 saturated carbocycles. The number of hydrogen-bond donors (Lipinski definition) is 1. The molecule has 0 aromatic heterocycles. The molecule has 134 valence electrons. The fourth-order valence-electron chi connectivity index (χ4n) is 3.19. The van der Waals surface area contributed by atoms with Crippen LogP contribution in [0.15, 0.2) is 54.6 Å². The van der Waals surface area contributed by atoms with Gasteiger partial charge in [-0.2, -0.15) is 0 Å². The highest BCUT2D eigenvalue weighted by Crippen LogP contribution is 2.19. The molecule has 5 heteroatoms. The minimum absolute atomic E-state index is 0. The minimum Gasteiger partial charge on any atom is -1.00 e. The van der Waals surface area contributed by atoms with E-state index in [9.17, 15) is 4.79 Å². The quantitative estimate of drug-likeness (QED) is 0.666. The van der Waals surface area contributed by atoms with Crippen LogP contribution in [0.4, 0.5) is 0 Å². The van der Waals surface area contributed by atoms with Gasteiger partial charge in [-0.25, -0.2) is 0 Å². The predicted octanol–water partition coefficient (Wildman–Crippen LogP) is -1.07. The number of ketones is 1. The Labute approximate surface area is 155 Å². The molecule has 3 rings (SSSR count). The van der Waals surface area contributed by atoms with Crippen molar-refractivity contribution in [3.8, 4) is 5.75 Å². The number of ether oxygens (including phenoxy) is 2. The summed E-state index contributed by atoms with van der Waals surface area (Å²) in [5, 5.41) is 0. The Kier molecular flexibility index (Phi) is 7.44. The van der Waals surface area contributed by atoms with E-state index in [0.29, 0.717) is 19.8 Å². The highest BCUT2D eigenvalue weighted by atomic mass is 35.5. The number of benzene rings is 2. The number of hydrogen-bond acceptors (Lipinski definition) is 3. The van der Waals surface area contributed by atoms with E-state index in [2.05, 4.69) is 0 Å². The van der Waals surface area contributed by atoms with Gasteiger partial charge in [0.05, 0.1) is 19.8 Å². The second-order valence-electron chi connectivity index (χ2n) is 5.94. The molecule has 0 bridgehead atoms. The van der Waals surface area contributed by atoms with Gasteiger partial charge in [-0.1, -0.05) is 30.3 Å². The second-order valence-corrected chi connectivity index (χ2v) is 5.94. The third-order valence-electron chi connectivity index (χ3n) is 4.39. The molecule has 2 aromatic rings. The van der Waals surface area contributed by atoms with E-state index in [-0.39, 0.29) is 24.2 Å². The first kappa shape index (κ1) is 19.4. The second kappa shape index (κ2) is 9.56. The van der Waals surface area contributed by atoms with E-state index in [0.717, 1.165) is 30.0 Å². The van der Waals surface area contributed by atoms with E-state index in [4.69, 9.17) is 9.47 Å². The standard InChI is InChI=1S/C20H23NO3.ClH/c1-2-24-18-10-8-17(9-11-18)20(22)19(16-6-4-3-5-7-16)21-12-14-23-15-13-21;/h3-11,19H,2,12-15H2,1H3;1H. The molecule has 0 amide bonds. The summed E-state index contributed by atoms with van der Waals surface area (Å²) >= 11 is 0. The molecule has 1 heterocycles. The van der Waals surface area contributed by atoms with E-state index in [1.54, 1.807) is 0 Å². The lowest BCUT2D eigenvalue weighted by molar-refractivity contribution is -0.928. The van der Waals surface area contributed by atoms with Crippen LogP contribution in [0.2, 0.25) is 0 Å². The molecular formula is C20H24ClNO3. The van der Waals surface area contributed by atoms with Crippen LogP contribution in [0.3, 0.4) is 0 Å². The zero-order valence-electron chi connectivity index (χ0n) is 14.4. The van der Waals surface area contributed by atoms with Crippen LogP contribution in [0.25, 0.3) is 0 Å². The van der Waals surface area contributed by atoms with Gasteiger partial charge < -0.3 is 26.8 Å². The van der Waals surface area contributed by atoms with Gasteiger partial charge in [0.1, 0.15) is 18.8 Å². The molecule has 1 unspecified atom stereocenters. The minimum atomic E-state index is -0.187. The van der Waals surface area contributed by atoms with Crippen molar-refractivity contribution < 1.29 is 31.6 Å². The van der Waals surface area contributed by atoms with Gasteiger partial charge in [-0.3, -0.25) is 4.79 Å². The smallest absolute Gasteiger partial charge is 0.224 e. The number of quaternary nitrogens is 1. The van der Waals surface area contributed by atoms with Gasteiger partial charge in [0.15, 0.2) is 6.04 Å². The molecule has 4 nitrogen and oxygen atoms in total. The van der Waals surface area contributed by atoms with Crippen molar-refractivity contribution >= 4 is 5.78 Å². The number of morpholine rings is 1. The summed E-state index contributed by atoms with van der Waals surface area (Å²) in [4.78, 5) is 14.5. The van der Waals surface area contributed by atoms with Gasteiger partial charge in [0.2, 0.25) is 5.78 Å². The van der Waals surface area contributed by atoms with Gasteiger partial charge in [-0.05, 0) is 31.2 Å². The molecule has 1 fully saturated rings. The number of Topliss-reactive ketones (excluding diaryl/α,β-unsaturated/α-hetero) is 1. The van der Waals surface area contributed by atoms with Gasteiger partial charge in [0.25, 0.3) is 0 Å². The van der Waals surface area contributed by atoms with Crippen LogP contribution >= 0.6 is 0 Å². The maximum atomic E-state index is 13.2. The summed E-state index contributed by atoms with van der Waals surface area (Å²) in [7, 11) is 0. The molecule has 1 atom stereocenters. The Morgan fingerprint density at radius 2 is 1.72 bits per heavy atom. The maximum absolute atomic E-state index is 13.2. The number of carbonyl (C=O) groups excluding carboxylic acids is 1. The van der Waals surface area contributed by atoms with Crippen molar-refractivity contribution in [2.75, 3.05) is 32.9 Å². The molecule has 0 aliphatic carbocycles. The average Bonchev–Trinajstić information content (AvgIpc) is 2.64. The Bertz CT molecular complexity index is 654. The highest BCUT2D eigenvalue weighted by Gasteiger charge is 2.33. The van der Waals surface area contributed by atoms with Gasteiger partial charge >= 0.3 is 0 Å². The van der Waals surface area contributed by atoms with E-state index in [1.807, 2.05) is 61.5 Å². The lowest BCUT2D eigenvalue weighted by Gasteiger charge is -2.31. The van der Waals surface area contributed by atoms with Crippen molar-refractivity contribution in [1.29, 1.82) is 0 Å². The Morgan fingerprint density at radius 1 is 1.08 bits per heavy atom. The van der Waals surface area contributed by atoms with Crippen molar-refractivity contribution in [3.63, 3.8) is 0 Å². The van der Waals surface area contributed by atoms with E-state index >= 15 is 0 Å². The SMILES string of the molecule is CCOc1ccc(C(=O)C(c2ccccc2)[NH+]2CCOCC2)cc1.[Cl-]. The number of rotatable bonds is 6. The Hall–Kier alpha value is -1.88. The Morgan fingerprint density at radius 3 is 2.32 bits per heavy atom. The summed E-state index contributed by atoms with van der Waals surface area (Å²) in [6, 6.07) is 17.3. The summed E-state index contributed by atoms with van der Waals surface area (Å²) in [6.45, 7) is 5.68. The average molecular weight is 362 g/mol. The molecule has 1 saturated heterocycles. The van der Waals surface area contributed by atoms with Crippen molar-refractivity contribution in [3.05, 3.63) is 65.7 Å². The third kappa shape index (κ3) is 4.82. The summed E-state index contributed by atoms with van der Waals surface area (Å²) in [6.07, 6.45) is 0. The first-order chi connectivity index (χ1) is 11.8. The van der Waals surface area contributed by atoms with Crippen molar-refractivity contribution in [2.45, 2.75) is 13.0 Å². The molecule has 0 spiro atoms. The lowest BCUT2D eigenvalue weighted by Crippen LogP contribution is -3.15. The summed E-state index contributed by atoms with van der Waals surface area (Å²) in [5.41, 5.74) is 1.79. The first-order valence-electron chi connectivity index (χ1n) is 8.54. The first-order valence-corrected chi connectivity index (χ1v) is 8.54.